The van der Waals surface area contributed by atoms with Gasteiger partial charge in [0.1, 0.15) is 11.6 Å². The van der Waals surface area contributed by atoms with Crippen molar-refractivity contribution in [3.63, 3.8) is 0 Å². The SMILES string of the molecule is NC(c1ccc(-c2ccc(NC(=O)C3CC3)cc2)cc1)c1ccc(F)cc1F. The number of hydrogen-bond donors (Lipinski definition) is 2. The van der Waals surface area contributed by atoms with Crippen molar-refractivity contribution in [1.82, 2.24) is 0 Å². The van der Waals surface area contributed by atoms with Crippen LogP contribution in [-0.4, -0.2) is 5.91 Å². The molecule has 0 bridgehead atoms. The van der Waals surface area contributed by atoms with Gasteiger partial charge in [-0.15, -0.1) is 0 Å². The van der Waals surface area contributed by atoms with Gasteiger partial charge in [-0.05, 0) is 47.7 Å². The summed E-state index contributed by atoms with van der Waals surface area (Å²) in [5, 5.41) is 2.92. The molecule has 0 aliphatic heterocycles. The summed E-state index contributed by atoms with van der Waals surface area (Å²) >= 11 is 0. The maximum absolute atomic E-state index is 14.0. The van der Waals surface area contributed by atoms with Crippen LogP contribution in [0.5, 0.6) is 0 Å². The molecule has 1 aliphatic rings. The summed E-state index contributed by atoms with van der Waals surface area (Å²) in [6.45, 7) is 0. The number of rotatable bonds is 5. The highest BCUT2D eigenvalue weighted by Gasteiger charge is 2.29. The Kier molecular flexibility index (Phi) is 4.92. The number of carbonyl (C=O) groups excluding carboxylic acids is 1. The zero-order valence-corrected chi connectivity index (χ0v) is 15.2. The minimum absolute atomic E-state index is 0.0825. The van der Waals surface area contributed by atoms with Crippen molar-refractivity contribution in [3.05, 3.63) is 89.5 Å². The van der Waals surface area contributed by atoms with Crippen molar-refractivity contribution in [2.24, 2.45) is 11.7 Å². The van der Waals surface area contributed by atoms with Gasteiger partial charge < -0.3 is 11.1 Å². The zero-order chi connectivity index (χ0) is 19.7. The van der Waals surface area contributed by atoms with E-state index in [4.69, 9.17) is 5.73 Å². The Morgan fingerprint density at radius 2 is 1.54 bits per heavy atom. The molecule has 4 rings (SSSR count). The Balaban J connectivity index is 1.48. The van der Waals surface area contributed by atoms with E-state index in [9.17, 15) is 13.6 Å². The van der Waals surface area contributed by atoms with E-state index in [2.05, 4.69) is 5.32 Å². The molecule has 1 saturated carbocycles. The average Bonchev–Trinajstić information content (AvgIpc) is 3.54. The third-order valence-electron chi connectivity index (χ3n) is 5.00. The molecule has 0 radical (unpaired) electrons. The lowest BCUT2D eigenvalue weighted by Crippen LogP contribution is -2.13. The molecular weight excluding hydrogens is 358 g/mol. The first kappa shape index (κ1) is 18.3. The molecule has 3 aromatic carbocycles. The predicted molar refractivity (Wildman–Crippen MR) is 106 cm³/mol. The highest BCUT2D eigenvalue weighted by molar-refractivity contribution is 5.94. The molecule has 1 aliphatic carbocycles. The van der Waals surface area contributed by atoms with Crippen molar-refractivity contribution in [2.45, 2.75) is 18.9 Å². The number of halogens is 2. The van der Waals surface area contributed by atoms with Crippen molar-refractivity contribution in [3.8, 4) is 11.1 Å². The van der Waals surface area contributed by atoms with Gasteiger partial charge in [-0.1, -0.05) is 42.5 Å². The molecule has 28 heavy (non-hydrogen) atoms. The molecule has 3 nitrogen and oxygen atoms in total. The summed E-state index contributed by atoms with van der Waals surface area (Å²) in [5.41, 5.74) is 9.91. The van der Waals surface area contributed by atoms with Crippen LogP contribution >= 0.6 is 0 Å². The van der Waals surface area contributed by atoms with Crippen molar-refractivity contribution >= 4 is 11.6 Å². The van der Waals surface area contributed by atoms with E-state index in [1.807, 2.05) is 48.5 Å². The largest absolute Gasteiger partial charge is 0.326 e. The molecule has 3 aromatic rings. The Labute approximate surface area is 162 Å². The van der Waals surface area contributed by atoms with Gasteiger partial charge in [-0.25, -0.2) is 8.78 Å². The number of hydrogen-bond acceptors (Lipinski definition) is 2. The van der Waals surface area contributed by atoms with E-state index in [0.29, 0.717) is 0 Å². The summed E-state index contributed by atoms with van der Waals surface area (Å²) in [4.78, 5) is 11.8. The van der Waals surface area contributed by atoms with Gasteiger partial charge >= 0.3 is 0 Å². The molecule has 142 valence electrons. The van der Waals surface area contributed by atoms with Crippen molar-refractivity contribution in [2.75, 3.05) is 5.32 Å². The van der Waals surface area contributed by atoms with Gasteiger partial charge in [0.15, 0.2) is 0 Å². The molecule has 0 heterocycles. The van der Waals surface area contributed by atoms with E-state index >= 15 is 0 Å². The van der Waals surface area contributed by atoms with Crippen LogP contribution in [0.15, 0.2) is 66.7 Å². The predicted octanol–water partition coefficient (Wildman–Crippen LogP) is 5.03. The molecule has 1 atom stereocenters. The fourth-order valence-electron chi connectivity index (χ4n) is 3.15. The Bertz CT molecular complexity index is 996. The number of nitrogens with two attached hydrogens (primary N) is 1. The second-order valence-electron chi connectivity index (χ2n) is 7.11. The van der Waals surface area contributed by atoms with Gasteiger partial charge in [0, 0.05) is 23.2 Å². The molecule has 3 N–H and O–H groups in total. The lowest BCUT2D eigenvalue weighted by molar-refractivity contribution is -0.117. The van der Waals surface area contributed by atoms with Crippen LogP contribution in [0.1, 0.15) is 30.0 Å². The highest BCUT2D eigenvalue weighted by atomic mass is 19.1. The summed E-state index contributed by atoms with van der Waals surface area (Å²) in [7, 11) is 0. The average molecular weight is 378 g/mol. The summed E-state index contributed by atoms with van der Waals surface area (Å²) in [6, 6.07) is 17.9. The normalized spacial score (nSPS) is 14.5. The second-order valence-corrected chi connectivity index (χ2v) is 7.11. The van der Waals surface area contributed by atoms with E-state index < -0.39 is 17.7 Å². The fraction of sp³-hybridized carbons (Fsp3) is 0.174. The molecule has 0 spiro atoms. The van der Waals surface area contributed by atoms with E-state index in [1.54, 1.807) is 0 Å². The van der Waals surface area contributed by atoms with Gasteiger partial charge in [0.2, 0.25) is 5.91 Å². The number of nitrogens with one attached hydrogen (secondary N) is 1. The monoisotopic (exact) mass is 378 g/mol. The molecule has 0 saturated heterocycles. The molecular formula is C23H20F2N2O. The Morgan fingerprint density at radius 3 is 2.11 bits per heavy atom. The van der Waals surface area contributed by atoms with E-state index in [1.165, 1.54) is 12.1 Å². The lowest BCUT2D eigenvalue weighted by atomic mass is 9.96. The van der Waals surface area contributed by atoms with Crippen LogP contribution < -0.4 is 11.1 Å². The first-order valence-electron chi connectivity index (χ1n) is 9.23. The quantitative estimate of drug-likeness (QED) is 0.654. The molecule has 1 fully saturated rings. The lowest BCUT2D eigenvalue weighted by Gasteiger charge is -2.14. The first-order chi connectivity index (χ1) is 13.5. The van der Waals surface area contributed by atoms with Crippen LogP contribution in [-0.2, 0) is 4.79 Å². The zero-order valence-electron chi connectivity index (χ0n) is 15.2. The van der Waals surface area contributed by atoms with Crippen LogP contribution in [0.25, 0.3) is 11.1 Å². The van der Waals surface area contributed by atoms with Gasteiger partial charge in [0.25, 0.3) is 0 Å². The van der Waals surface area contributed by atoms with Gasteiger partial charge in [-0.2, -0.15) is 0 Å². The van der Waals surface area contributed by atoms with Crippen molar-refractivity contribution in [1.29, 1.82) is 0 Å². The minimum atomic E-state index is -0.672. The Morgan fingerprint density at radius 1 is 0.929 bits per heavy atom. The topological polar surface area (TPSA) is 55.1 Å². The number of benzene rings is 3. The maximum atomic E-state index is 14.0. The van der Waals surface area contributed by atoms with Crippen LogP contribution in [0.3, 0.4) is 0 Å². The molecule has 1 unspecified atom stereocenters. The standard InChI is InChI=1S/C23H20F2N2O/c24-18-9-12-20(21(25)13-18)22(26)16-3-1-14(2-4-16)15-7-10-19(11-8-15)27-23(28)17-5-6-17/h1-4,7-13,17,22H,5-6,26H2,(H,27,28). The van der Waals surface area contributed by atoms with Crippen LogP contribution in [0.2, 0.25) is 0 Å². The first-order valence-corrected chi connectivity index (χ1v) is 9.23. The fourth-order valence-corrected chi connectivity index (χ4v) is 3.15. The smallest absolute Gasteiger partial charge is 0.227 e. The molecule has 1 amide bonds. The molecule has 5 heteroatoms. The third kappa shape index (κ3) is 3.94. The summed E-state index contributed by atoms with van der Waals surface area (Å²) in [6.07, 6.45) is 1.94. The number of amides is 1. The van der Waals surface area contributed by atoms with E-state index in [-0.39, 0.29) is 17.4 Å². The Hall–Kier alpha value is -3.05. The second kappa shape index (κ2) is 7.52. The maximum Gasteiger partial charge on any atom is 0.227 e. The van der Waals surface area contributed by atoms with Gasteiger partial charge in [0.05, 0.1) is 6.04 Å². The molecule has 0 aromatic heterocycles. The van der Waals surface area contributed by atoms with Gasteiger partial charge in [-0.3, -0.25) is 4.79 Å². The number of anilines is 1. The number of carbonyl (C=O) groups is 1. The summed E-state index contributed by atoms with van der Waals surface area (Å²) in [5.74, 6) is -1.03. The summed E-state index contributed by atoms with van der Waals surface area (Å²) < 4.78 is 27.1. The van der Waals surface area contributed by atoms with Crippen molar-refractivity contribution < 1.29 is 13.6 Å². The van der Waals surface area contributed by atoms with Crippen LogP contribution in [0, 0.1) is 17.6 Å². The highest BCUT2D eigenvalue weighted by Crippen LogP contribution is 2.31. The van der Waals surface area contributed by atoms with E-state index in [0.717, 1.165) is 41.3 Å². The third-order valence-corrected chi connectivity index (χ3v) is 5.00. The van der Waals surface area contributed by atoms with Crippen LogP contribution in [0.4, 0.5) is 14.5 Å². The minimum Gasteiger partial charge on any atom is -0.326 e.